The van der Waals surface area contributed by atoms with Crippen LogP contribution in [-0.4, -0.2) is 0 Å². The number of nitrogens with zero attached hydrogens (tertiary/aromatic N) is 4. The third-order valence-electron chi connectivity index (χ3n) is 6.79. The maximum Gasteiger partial charge on any atom is 0.0991 e. The molecule has 0 spiro atoms. The van der Waals surface area contributed by atoms with Gasteiger partial charge >= 0.3 is 0 Å². The van der Waals surface area contributed by atoms with Crippen LogP contribution in [0.2, 0.25) is 0 Å². The standard InChI is InChI=1S/C34H20N6/c35-17-21-1-9-25(10-2-21)29-30(26-11-3-22(18-36)4-12-26)32(28-15-7-24(20-38)8-16-28)34(40)33(39)31(29)27-13-5-23(19-37)6-14-27/h1-16H,39-40H2. The number of nitriles is 4. The zero-order chi connectivity index (χ0) is 28.2. The average molecular weight is 513 g/mol. The summed E-state index contributed by atoms with van der Waals surface area (Å²) in [4.78, 5) is 0. The van der Waals surface area contributed by atoms with E-state index in [-0.39, 0.29) is 0 Å². The highest BCUT2D eigenvalue weighted by molar-refractivity contribution is 6.12. The van der Waals surface area contributed by atoms with E-state index < -0.39 is 0 Å². The molecule has 0 saturated heterocycles. The Morgan fingerprint density at radius 1 is 0.325 bits per heavy atom. The SMILES string of the molecule is N#Cc1ccc(-c2c(N)c(N)c(-c3ccc(C#N)cc3)c(-c3ccc(C#N)cc3)c2-c2ccc(C#N)cc2)cc1. The molecule has 6 nitrogen and oxygen atoms in total. The molecule has 0 fully saturated rings. The fourth-order valence-corrected chi connectivity index (χ4v) is 4.81. The summed E-state index contributed by atoms with van der Waals surface area (Å²) < 4.78 is 0. The average Bonchev–Trinajstić information content (AvgIpc) is 3.02. The number of hydrogen-bond donors (Lipinski definition) is 2. The van der Waals surface area contributed by atoms with Crippen LogP contribution in [-0.2, 0) is 0 Å². The Morgan fingerprint density at radius 2 is 0.525 bits per heavy atom. The van der Waals surface area contributed by atoms with Gasteiger partial charge in [0.15, 0.2) is 0 Å². The van der Waals surface area contributed by atoms with Gasteiger partial charge in [0.05, 0.1) is 57.9 Å². The maximum atomic E-state index is 9.42. The summed E-state index contributed by atoms with van der Waals surface area (Å²) in [5, 5.41) is 37.5. The minimum atomic E-state index is 0.362. The fourth-order valence-electron chi connectivity index (χ4n) is 4.81. The lowest BCUT2D eigenvalue weighted by molar-refractivity contribution is 1.46. The first-order valence-electron chi connectivity index (χ1n) is 12.3. The van der Waals surface area contributed by atoms with E-state index in [2.05, 4.69) is 24.3 Å². The molecule has 0 aliphatic rings. The molecule has 6 heteroatoms. The number of nitrogen functional groups attached to an aromatic ring is 2. The molecule has 0 radical (unpaired) electrons. The molecule has 5 rings (SSSR count). The minimum absolute atomic E-state index is 0.362. The van der Waals surface area contributed by atoms with Crippen LogP contribution < -0.4 is 11.5 Å². The Labute approximate surface area is 231 Å². The van der Waals surface area contributed by atoms with Crippen molar-refractivity contribution in [3.05, 3.63) is 119 Å². The van der Waals surface area contributed by atoms with E-state index in [1.54, 1.807) is 48.5 Å². The van der Waals surface area contributed by atoms with Crippen molar-refractivity contribution in [2.75, 3.05) is 11.5 Å². The van der Waals surface area contributed by atoms with Crippen LogP contribution in [0.3, 0.4) is 0 Å². The molecule has 0 aliphatic carbocycles. The van der Waals surface area contributed by atoms with Gasteiger partial charge in [0.2, 0.25) is 0 Å². The van der Waals surface area contributed by atoms with Crippen molar-refractivity contribution >= 4 is 11.4 Å². The third-order valence-corrected chi connectivity index (χ3v) is 6.79. The summed E-state index contributed by atoms with van der Waals surface area (Å²) >= 11 is 0. The van der Waals surface area contributed by atoms with Gasteiger partial charge in [-0.05, 0) is 70.8 Å². The van der Waals surface area contributed by atoms with Gasteiger partial charge < -0.3 is 11.5 Å². The second-order valence-corrected chi connectivity index (χ2v) is 9.08. The van der Waals surface area contributed by atoms with Gasteiger partial charge in [-0.1, -0.05) is 48.5 Å². The first-order valence-corrected chi connectivity index (χ1v) is 12.3. The largest absolute Gasteiger partial charge is 0.397 e. The van der Waals surface area contributed by atoms with Crippen LogP contribution in [0, 0.1) is 45.3 Å². The molecule has 0 atom stereocenters. The van der Waals surface area contributed by atoms with Crippen molar-refractivity contribution < 1.29 is 0 Å². The highest BCUT2D eigenvalue weighted by Crippen LogP contribution is 2.52. The highest BCUT2D eigenvalue weighted by Gasteiger charge is 2.25. The monoisotopic (exact) mass is 512 g/mol. The van der Waals surface area contributed by atoms with Gasteiger partial charge in [-0.25, -0.2) is 0 Å². The maximum absolute atomic E-state index is 9.42. The number of hydrogen-bond acceptors (Lipinski definition) is 6. The second kappa shape index (κ2) is 10.6. The number of rotatable bonds is 4. The van der Waals surface area contributed by atoms with E-state index in [1.165, 1.54) is 0 Å². The molecule has 0 aliphatic heterocycles. The second-order valence-electron chi connectivity index (χ2n) is 9.08. The van der Waals surface area contributed by atoms with E-state index in [0.29, 0.717) is 44.8 Å². The molecule has 5 aromatic carbocycles. The van der Waals surface area contributed by atoms with E-state index >= 15 is 0 Å². The fraction of sp³-hybridized carbons (Fsp3) is 0. The molecule has 0 saturated carbocycles. The van der Waals surface area contributed by atoms with Gasteiger partial charge in [0.1, 0.15) is 0 Å². The Balaban J connectivity index is 1.97. The zero-order valence-corrected chi connectivity index (χ0v) is 21.2. The molecular weight excluding hydrogens is 492 g/mol. The number of nitrogens with two attached hydrogens (primary N) is 2. The lowest BCUT2D eigenvalue weighted by Gasteiger charge is -2.25. The first kappa shape index (κ1) is 25.3. The van der Waals surface area contributed by atoms with Crippen molar-refractivity contribution in [2.24, 2.45) is 0 Å². The van der Waals surface area contributed by atoms with Crippen LogP contribution in [0.1, 0.15) is 22.3 Å². The van der Waals surface area contributed by atoms with Crippen molar-refractivity contribution in [2.45, 2.75) is 0 Å². The molecule has 0 unspecified atom stereocenters. The van der Waals surface area contributed by atoms with Crippen LogP contribution in [0.15, 0.2) is 97.1 Å². The molecule has 5 aromatic rings. The van der Waals surface area contributed by atoms with Crippen LogP contribution in [0.25, 0.3) is 44.5 Å². The van der Waals surface area contributed by atoms with Crippen LogP contribution in [0.5, 0.6) is 0 Å². The predicted octanol–water partition coefficient (Wildman–Crippen LogP) is 7.01. The molecule has 4 N–H and O–H groups in total. The van der Waals surface area contributed by atoms with Gasteiger partial charge in [0, 0.05) is 22.3 Å². The Hall–Kier alpha value is -6.34. The Morgan fingerprint density at radius 3 is 0.725 bits per heavy atom. The van der Waals surface area contributed by atoms with E-state index in [1.807, 2.05) is 48.5 Å². The van der Waals surface area contributed by atoms with Gasteiger partial charge in [-0.3, -0.25) is 0 Å². The minimum Gasteiger partial charge on any atom is -0.397 e. The lowest BCUT2D eigenvalue weighted by atomic mass is 9.80. The highest BCUT2D eigenvalue weighted by atomic mass is 14.7. The summed E-state index contributed by atoms with van der Waals surface area (Å²) in [7, 11) is 0. The van der Waals surface area contributed by atoms with E-state index in [4.69, 9.17) is 11.5 Å². The van der Waals surface area contributed by atoms with Crippen LogP contribution >= 0.6 is 0 Å². The van der Waals surface area contributed by atoms with Gasteiger partial charge in [0.25, 0.3) is 0 Å². The Bertz CT molecular complexity index is 1760. The normalized spacial score (nSPS) is 10.1. The van der Waals surface area contributed by atoms with Crippen LogP contribution in [0.4, 0.5) is 11.4 Å². The van der Waals surface area contributed by atoms with Gasteiger partial charge in [-0.2, -0.15) is 21.0 Å². The molecule has 186 valence electrons. The van der Waals surface area contributed by atoms with E-state index in [9.17, 15) is 21.0 Å². The molecule has 0 amide bonds. The zero-order valence-electron chi connectivity index (χ0n) is 21.2. The van der Waals surface area contributed by atoms with Crippen molar-refractivity contribution in [3.63, 3.8) is 0 Å². The van der Waals surface area contributed by atoms with Crippen molar-refractivity contribution in [1.29, 1.82) is 21.0 Å². The van der Waals surface area contributed by atoms with Crippen molar-refractivity contribution in [3.8, 4) is 68.8 Å². The Kier molecular flexibility index (Phi) is 6.69. The molecule has 0 aromatic heterocycles. The van der Waals surface area contributed by atoms with Gasteiger partial charge in [-0.15, -0.1) is 0 Å². The summed E-state index contributed by atoms with van der Waals surface area (Å²) in [5.41, 5.74) is 22.5. The number of anilines is 2. The summed E-state index contributed by atoms with van der Waals surface area (Å²) in [6.45, 7) is 0. The molecule has 0 heterocycles. The molecule has 40 heavy (non-hydrogen) atoms. The summed E-state index contributed by atoms with van der Waals surface area (Å²) in [6, 6.07) is 37.3. The van der Waals surface area contributed by atoms with Crippen molar-refractivity contribution in [1.82, 2.24) is 0 Å². The molecule has 0 bridgehead atoms. The topological polar surface area (TPSA) is 147 Å². The predicted molar refractivity (Wildman–Crippen MR) is 156 cm³/mol. The number of benzene rings is 5. The third kappa shape index (κ3) is 4.46. The summed E-state index contributed by atoms with van der Waals surface area (Å²) in [5.74, 6) is 0. The summed E-state index contributed by atoms with van der Waals surface area (Å²) in [6.07, 6.45) is 0. The molecular formula is C34H20N6. The van der Waals surface area contributed by atoms with E-state index in [0.717, 1.165) is 33.4 Å². The first-order chi connectivity index (χ1) is 19.5. The smallest absolute Gasteiger partial charge is 0.0991 e. The quantitative estimate of drug-likeness (QED) is 0.248. The lowest BCUT2D eigenvalue weighted by Crippen LogP contribution is -2.05.